The summed E-state index contributed by atoms with van der Waals surface area (Å²) in [7, 11) is 1.64. The lowest BCUT2D eigenvalue weighted by Gasteiger charge is -2.16. The Morgan fingerprint density at radius 2 is 2.20 bits per heavy atom. The maximum absolute atomic E-state index is 10.6. The lowest BCUT2D eigenvalue weighted by atomic mass is 10.2. The molecule has 1 N–H and O–H groups in total. The van der Waals surface area contributed by atoms with Crippen LogP contribution in [-0.2, 0) is 17.8 Å². The normalized spacial score (nSPS) is 12.8. The van der Waals surface area contributed by atoms with Crippen molar-refractivity contribution < 1.29 is 9.84 Å². The van der Waals surface area contributed by atoms with Crippen molar-refractivity contribution in [3.63, 3.8) is 0 Å². The number of halogens is 1. The third kappa shape index (κ3) is 3.11. The number of hydrogen-bond donors (Lipinski definition) is 1. The Morgan fingerprint density at radius 1 is 1.40 bits per heavy atom. The minimum Gasteiger partial charge on any atom is -0.383 e. The Bertz CT molecular complexity index is 552. The smallest absolute Gasteiger partial charge is 0.138 e. The van der Waals surface area contributed by atoms with Gasteiger partial charge in [0.15, 0.2) is 0 Å². The highest BCUT2D eigenvalue weighted by Crippen LogP contribution is 2.28. The molecule has 0 aliphatic heterocycles. The van der Waals surface area contributed by atoms with E-state index in [1.165, 1.54) is 0 Å². The summed E-state index contributed by atoms with van der Waals surface area (Å²) in [5, 5.41) is 14.9. The van der Waals surface area contributed by atoms with Crippen LogP contribution in [0.3, 0.4) is 0 Å². The Morgan fingerprint density at radius 3 is 2.90 bits per heavy atom. The van der Waals surface area contributed by atoms with Crippen LogP contribution in [-0.4, -0.2) is 38.2 Å². The van der Waals surface area contributed by atoms with Gasteiger partial charge in [0.2, 0.25) is 0 Å². The van der Waals surface area contributed by atoms with E-state index >= 15 is 0 Å². The van der Waals surface area contributed by atoms with Crippen LogP contribution in [0.2, 0.25) is 0 Å². The summed E-state index contributed by atoms with van der Waals surface area (Å²) in [5.74, 6) is 0. The number of rotatable bonds is 7. The van der Waals surface area contributed by atoms with Crippen LogP contribution >= 0.6 is 15.9 Å². The van der Waals surface area contributed by atoms with Crippen molar-refractivity contribution in [2.24, 2.45) is 0 Å². The first kappa shape index (κ1) is 15.2. The zero-order valence-electron chi connectivity index (χ0n) is 11.7. The van der Waals surface area contributed by atoms with Crippen molar-refractivity contribution in [1.82, 2.24) is 19.3 Å². The van der Waals surface area contributed by atoms with Gasteiger partial charge in [-0.25, -0.2) is 4.98 Å². The third-order valence-electron chi connectivity index (χ3n) is 3.09. The van der Waals surface area contributed by atoms with Gasteiger partial charge in [-0.15, -0.1) is 0 Å². The molecule has 1 unspecified atom stereocenters. The van der Waals surface area contributed by atoms with Crippen molar-refractivity contribution in [3.05, 3.63) is 34.6 Å². The fraction of sp³-hybridized carbons (Fsp3) is 0.538. The molecule has 2 aromatic rings. The molecule has 0 aliphatic carbocycles. The lowest BCUT2D eigenvalue weighted by Crippen LogP contribution is -2.16. The minimum atomic E-state index is -0.766. The Labute approximate surface area is 126 Å². The molecule has 2 rings (SSSR count). The van der Waals surface area contributed by atoms with Gasteiger partial charge in [-0.3, -0.25) is 4.68 Å². The zero-order chi connectivity index (χ0) is 14.5. The largest absolute Gasteiger partial charge is 0.383 e. The fourth-order valence-corrected chi connectivity index (χ4v) is 2.64. The molecule has 0 fully saturated rings. The SMILES string of the molecule is CCCn1cncc1C(O)c1c(Br)cnn1CCOC. The van der Waals surface area contributed by atoms with Gasteiger partial charge in [0.05, 0.1) is 47.7 Å². The number of aliphatic hydroxyl groups excluding tert-OH is 1. The molecule has 2 aromatic heterocycles. The number of methoxy groups -OCH3 is 1. The van der Waals surface area contributed by atoms with Gasteiger partial charge in [-0.05, 0) is 22.4 Å². The van der Waals surface area contributed by atoms with Crippen LogP contribution in [0.25, 0.3) is 0 Å². The summed E-state index contributed by atoms with van der Waals surface area (Å²) in [5.41, 5.74) is 1.49. The molecule has 0 aromatic carbocycles. The highest BCUT2D eigenvalue weighted by atomic mass is 79.9. The standard InChI is InChI=1S/C13H19BrN4O2/c1-3-4-17-9-15-8-11(17)13(19)12-10(14)7-16-18(12)5-6-20-2/h7-9,13,19H,3-6H2,1-2H3. The molecule has 0 spiro atoms. The van der Waals surface area contributed by atoms with E-state index in [-0.39, 0.29) is 0 Å². The first-order chi connectivity index (χ1) is 9.69. The Kier molecular flexibility index (Phi) is 5.33. The monoisotopic (exact) mass is 342 g/mol. The summed E-state index contributed by atoms with van der Waals surface area (Å²) in [4.78, 5) is 4.13. The Hall–Kier alpha value is -1.18. The maximum Gasteiger partial charge on any atom is 0.138 e. The van der Waals surface area contributed by atoms with Crippen molar-refractivity contribution in [2.75, 3.05) is 13.7 Å². The minimum absolute atomic E-state index is 0.544. The van der Waals surface area contributed by atoms with Crippen LogP contribution in [0.15, 0.2) is 23.2 Å². The summed E-state index contributed by atoms with van der Waals surface area (Å²) >= 11 is 3.44. The van der Waals surface area contributed by atoms with E-state index in [0.717, 1.165) is 28.8 Å². The van der Waals surface area contributed by atoms with Crippen molar-refractivity contribution in [2.45, 2.75) is 32.5 Å². The Balaban J connectivity index is 2.30. The molecule has 7 heteroatoms. The first-order valence-corrected chi connectivity index (χ1v) is 7.36. The average molecular weight is 343 g/mol. The number of aromatic nitrogens is 4. The number of nitrogens with zero attached hydrogens (tertiary/aromatic N) is 4. The summed E-state index contributed by atoms with van der Waals surface area (Å²) < 4.78 is 9.56. The van der Waals surface area contributed by atoms with Crippen LogP contribution in [0, 0.1) is 0 Å². The van der Waals surface area contributed by atoms with E-state index in [0.29, 0.717) is 13.2 Å². The molecular weight excluding hydrogens is 324 g/mol. The third-order valence-corrected chi connectivity index (χ3v) is 3.70. The van der Waals surface area contributed by atoms with Gasteiger partial charge in [0.25, 0.3) is 0 Å². The van der Waals surface area contributed by atoms with Crippen molar-refractivity contribution >= 4 is 15.9 Å². The quantitative estimate of drug-likeness (QED) is 0.835. The molecular formula is C13H19BrN4O2. The average Bonchev–Trinajstić information content (AvgIpc) is 3.03. The number of imidazole rings is 1. The molecule has 0 bridgehead atoms. The second kappa shape index (κ2) is 7.01. The topological polar surface area (TPSA) is 65.1 Å². The van der Waals surface area contributed by atoms with E-state index in [1.54, 1.807) is 30.5 Å². The molecule has 0 aliphatic rings. The molecule has 0 radical (unpaired) electrons. The zero-order valence-corrected chi connectivity index (χ0v) is 13.2. The summed E-state index contributed by atoms with van der Waals surface area (Å²) in [6.45, 7) is 4.06. The van der Waals surface area contributed by atoms with Crippen molar-refractivity contribution in [3.8, 4) is 0 Å². The number of hydrogen-bond acceptors (Lipinski definition) is 4. The van der Waals surface area contributed by atoms with E-state index in [9.17, 15) is 5.11 Å². The number of ether oxygens (including phenoxy) is 1. The lowest BCUT2D eigenvalue weighted by molar-refractivity contribution is 0.168. The molecule has 0 amide bonds. The molecule has 110 valence electrons. The first-order valence-electron chi connectivity index (χ1n) is 6.57. The molecule has 0 saturated heterocycles. The maximum atomic E-state index is 10.6. The van der Waals surface area contributed by atoms with E-state index in [4.69, 9.17) is 4.74 Å². The van der Waals surface area contributed by atoms with Crippen LogP contribution < -0.4 is 0 Å². The van der Waals surface area contributed by atoms with E-state index in [2.05, 4.69) is 32.9 Å². The van der Waals surface area contributed by atoms with Crippen molar-refractivity contribution in [1.29, 1.82) is 0 Å². The molecule has 6 nitrogen and oxygen atoms in total. The summed E-state index contributed by atoms with van der Waals surface area (Å²) in [6, 6.07) is 0. The predicted molar refractivity (Wildman–Crippen MR) is 78.4 cm³/mol. The molecule has 1 atom stereocenters. The second-order valence-electron chi connectivity index (χ2n) is 4.51. The number of aliphatic hydroxyl groups is 1. The van der Waals surface area contributed by atoms with Crippen LogP contribution in [0.1, 0.15) is 30.8 Å². The van der Waals surface area contributed by atoms with E-state index in [1.807, 2.05) is 4.57 Å². The van der Waals surface area contributed by atoms with Gasteiger partial charge in [-0.1, -0.05) is 6.92 Å². The van der Waals surface area contributed by atoms with E-state index < -0.39 is 6.10 Å². The predicted octanol–water partition coefficient (Wildman–Crippen LogP) is 1.98. The fourth-order valence-electron chi connectivity index (χ4n) is 2.13. The van der Waals surface area contributed by atoms with Gasteiger partial charge < -0.3 is 14.4 Å². The highest BCUT2D eigenvalue weighted by Gasteiger charge is 2.22. The second-order valence-corrected chi connectivity index (χ2v) is 5.36. The van der Waals surface area contributed by atoms with Gasteiger partial charge >= 0.3 is 0 Å². The summed E-state index contributed by atoms with van der Waals surface area (Å²) in [6.07, 6.45) is 5.35. The highest BCUT2D eigenvalue weighted by molar-refractivity contribution is 9.10. The number of aryl methyl sites for hydroxylation is 1. The van der Waals surface area contributed by atoms with Crippen LogP contribution in [0.4, 0.5) is 0 Å². The van der Waals surface area contributed by atoms with Crippen LogP contribution in [0.5, 0.6) is 0 Å². The molecule has 0 saturated carbocycles. The van der Waals surface area contributed by atoms with Gasteiger partial charge in [0.1, 0.15) is 6.10 Å². The van der Waals surface area contributed by atoms with Gasteiger partial charge in [-0.2, -0.15) is 5.10 Å². The molecule has 20 heavy (non-hydrogen) atoms. The van der Waals surface area contributed by atoms with Gasteiger partial charge in [0, 0.05) is 13.7 Å². The molecule has 2 heterocycles.